The van der Waals surface area contributed by atoms with E-state index in [-0.39, 0.29) is 6.61 Å². The van der Waals surface area contributed by atoms with Gasteiger partial charge in [0.15, 0.2) is 0 Å². The van der Waals surface area contributed by atoms with Gasteiger partial charge in [-0.3, -0.25) is 0 Å². The molecule has 0 N–H and O–H groups in total. The van der Waals surface area contributed by atoms with E-state index >= 15 is 0 Å². The lowest BCUT2D eigenvalue weighted by Crippen LogP contribution is -2.59. The van der Waals surface area contributed by atoms with Crippen molar-refractivity contribution in [2.24, 2.45) is 0 Å². The second kappa shape index (κ2) is 23.1. The van der Waals surface area contributed by atoms with Crippen molar-refractivity contribution in [3.63, 3.8) is 0 Å². The van der Waals surface area contributed by atoms with E-state index in [0.29, 0.717) is 37.9 Å². The van der Waals surface area contributed by atoms with Gasteiger partial charge in [-0.25, -0.2) is 0 Å². The van der Waals surface area contributed by atoms with E-state index in [0.717, 1.165) is 77.7 Å². The highest BCUT2D eigenvalue weighted by atomic mass is 35.5. The third-order valence-corrected chi connectivity index (χ3v) is 11.5. The Kier molecular flexibility index (Phi) is 17.4. The van der Waals surface area contributed by atoms with Crippen LogP contribution in [-0.4, -0.2) is 57.5 Å². The minimum absolute atomic E-state index is 0.230. The van der Waals surface area contributed by atoms with Gasteiger partial charge in [0.1, 0.15) is 41.9 Å². The first-order chi connectivity index (χ1) is 29.0. The van der Waals surface area contributed by atoms with Crippen molar-refractivity contribution in [3.05, 3.63) is 172 Å². The molecule has 314 valence electrons. The summed E-state index contributed by atoms with van der Waals surface area (Å²) in [4.78, 5) is 0. The van der Waals surface area contributed by atoms with Gasteiger partial charge in [0, 0.05) is 24.8 Å². The lowest BCUT2D eigenvalue weighted by molar-refractivity contribution is -0.272. The van der Waals surface area contributed by atoms with Gasteiger partial charge in [-0.1, -0.05) is 167 Å². The fraction of sp³-hybridized carbons (Fsp3) is 0.423. The summed E-state index contributed by atoms with van der Waals surface area (Å²) in [5.41, 5.74) is 5.29. The SMILES string of the molecule is CCCCO[C@@H]1[C@@H](OCCCC)[C@H](c2ccc(Cl)c(Cc3ccc(OCC)cc3)c2)O[C@H](COC(c2ccccc2)(c2ccccc2)c2ccccc2)[C@H]1OCCCC. The number of hydrogen-bond donors (Lipinski definition) is 0. The largest absolute Gasteiger partial charge is 0.494 e. The molecule has 0 saturated carbocycles. The van der Waals surface area contributed by atoms with Crippen molar-refractivity contribution in [3.8, 4) is 5.75 Å². The molecule has 0 bridgehead atoms. The zero-order chi connectivity index (χ0) is 41.3. The van der Waals surface area contributed by atoms with Crippen LogP contribution in [0.3, 0.4) is 0 Å². The van der Waals surface area contributed by atoms with E-state index in [1.165, 1.54) is 0 Å². The quantitative estimate of drug-likeness (QED) is 0.0483. The summed E-state index contributed by atoms with van der Waals surface area (Å²) >= 11 is 6.95. The number of unbranched alkanes of at least 4 members (excludes halogenated alkanes) is 3. The third-order valence-electron chi connectivity index (χ3n) is 11.1. The van der Waals surface area contributed by atoms with Crippen LogP contribution < -0.4 is 4.74 Å². The summed E-state index contributed by atoms with van der Waals surface area (Å²) in [6.45, 7) is 11.2. The van der Waals surface area contributed by atoms with Gasteiger partial charge in [-0.05, 0) is 84.2 Å². The Morgan fingerprint density at radius 2 is 1.08 bits per heavy atom. The van der Waals surface area contributed by atoms with Crippen molar-refractivity contribution in [1.29, 1.82) is 0 Å². The maximum Gasteiger partial charge on any atom is 0.143 e. The highest BCUT2D eigenvalue weighted by Gasteiger charge is 2.50. The molecule has 0 spiro atoms. The first-order valence-corrected chi connectivity index (χ1v) is 22.2. The van der Waals surface area contributed by atoms with Gasteiger partial charge in [-0.2, -0.15) is 0 Å². The lowest BCUT2D eigenvalue weighted by atomic mass is 9.80. The zero-order valence-corrected chi connectivity index (χ0v) is 36.2. The molecule has 5 atom stereocenters. The standard InChI is InChI=1S/C52H63ClO6/c1-5-9-33-55-49-47(38-58-52(42-21-15-12-16-22-42,43-23-17-13-18-24-43)44-25-19-14-20-26-44)59-48(50(56-34-10-6-2)51(49)57-35-11-7-3)40-29-32-46(53)41(37-40)36-39-27-30-45(31-28-39)54-8-4/h12-32,37,47-51H,5-11,33-36,38H2,1-4H3/t47-,48+,49-,50+,51+/m1/s1. The maximum absolute atomic E-state index is 7.47. The number of ether oxygens (including phenoxy) is 6. The lowest BCUT2D eigenvalue weighted by Gasteiger charge is -2.47. The number of benzene rings is 5. The minimum atomic E-state index is -0.936. The molecule has 1 heterocycles. The van der Waals surface area contributed by atoms with Gasteiger partial charge >= 0.3 is 0 Å². The average molecular weight is 820 g/mol. The van der Waals surface area contributed by atoms with Gasteiger partial charge in [0.2, 0.25) is 0 Å². The van der Waals surface area contributed by atoms with Crippen LogP contribution in [0.1, 0.15) is 106 Å². The molecule has 59 heavy (non-hydrogen) atoms. The molecule has 6 rings (SSSR count). The minimum Gasteiger partial charge on any atom is -0.494 e. The monoisotopic (exact) mass is 818 g/mol. The summed E-state index contributed by atoms with van der Waals surface area (Å²) < 4.78 is 41.3. The van der Waals surface area contributed by atoms with E-state index in [4.69, 9.17) is 40.0 Å². The Morgan fingerprint density at radius 3 is 1.59 bits per heavy atom. The molecule has 1 aliphatic heterocycles. The molecule has 0 radical (unpaired) electrons. The van der Waals surface area contributed by atoms with Gasteiger partial charge < -0.3 is 28.4 Å². The van der Waals surface area contributed by atoms with E-state index in [2.05, 4.69) is 118 Å². The summed E-state index contributed by atoms with van der Waals surface area (Å²) in [5, 5.41) is 0.705. The van der Waals surface area contributed by atoms with Crippen LogP contribution in [0.2, 0.25) is 5.02 Å². The number of rotatable bonds is 23. The molecule has 5 aromatic carbocycles. The Bertz CT molecular complexity index is 1830. The second-order valence-corrected chi connectivity index (χ2v) is 15.8. The molecule has 1 aliphatic rings. The molecule has 0 aliphatic carbocycles. The van der Waals surface area contributed by atoms with Crippen molar-refractivity contribution in [2.75, 3.05) is 33.0 Å². The van der Waals surface area contributed by atoms with E-state index in [1.54, 1.807) is 0 Å². The van der Waals surface area contributed by atoms with Crippen LogP contribution in [0, 0.1) is 0 Å². The molecule has 1 saturated heterocycles. The molecule has 1 fully saturated rings. The van der Waals surface area contributed by atoms with Gasteiger partial charge in [0.25, 0.3) is 0 Å². The average Bonchev–Trinajstić information content (AvgIpc) is 3.28. The Balaban J connectivity index is 1.43. The normalized spacial score (nSPS) is 19.4. The van der Waals surface area contributed by atoms with Crippen LogP contribution in [-0.2, 0) is 35.7 Å². The fourth-order valence-corrected chi connectivity index (χ4v) is 8.14. The third kappa shape index (κ3) is 11.4. The summed E-state index contributed by atoms with van der Waals surface area (Å²) in [7, 11) is 0. The van der Waals surface area contributed by atoms with Crippen LogP contribution in [0.25, 0.3) is 0 Å². The first kappa shape index (κ1) is 44.5. The summed E-state index contributed by atoms with van der Waals surface area (Å²) in [6, 6.07) is 45.9. The number of halogens is 1. The van der Waals surface area contributed by atoms with Gasteiger partial charge in [-0.15, -0.1) is 0 Å². The van der Waals surface area contributed by atoms with Crippen LogP contribution in [0.15, 0.2) is 133 Å². The summed E-state index contributed by atoms with van der Waals surface area (Å²) in [5.74, 6) is 0.854. The Hall–Kier alpha value is -4.01. The highest BCUT2D eigenvalue weighted by molar-refractivity contribution is 6.31. The van der Waals surface area contributed by atoms with Crippen molar-refractivity contribution < 1.29 is 28.4 Å². The molecule has 0 amide bonds. The molecular weight excluding hydrogens is 756 g/mol. The van der Waals surface area contributed by atoms with E-state index in [9.17, 15) is 0 Å². The van der Waals surface area contributed by atoms with E-state index < -0.39 is 36.1 Å². The molecular formula is C52H63ClO6. The fourth-order valence-electron chi connectivity index (χ4n) is 7.95. The topological polar surface area (TPSA) is 55.4 Å². The van der Waals surface area contributed by atoms with Crippen LogP contribution in [0.4, 0.5) is 0 Å². The van der Waals surface area contributed by atoms with Gasteiger partial charge in [0.05, 0.1) is 13.2 Å². The van der Waals surface area contributed by atoms with Crippen LogP contribution >= 0.6 is 11.6 Å². The number of hydrogen-bond acceptors (Lipinski definition) is 6. The Morgan fingerprint density at radius 1 is 0.576 bits per heavy atom. The van der Waals surface area contributed by atoms with E-state index in [1.807, 2.05) is 43.3 Å². The van der Waals surface area contributed by atoms with Crippen molar-refractivity contribution >= 4 is 11.6 Å². The first-order valence-electron chi connectivity index (χ1n) is 21.8. The summed E-state index contributed by atoms with van der Waals surface area (Å²) in [6.07, 6.45) is 4.21. The smallest absolute Gasteiger partial charge is 0.143 e. The van der Waals surface area contributed by atoms with Crippen molar-refractivity contribution in [2.45, 2.75) is 109 Å². The predicted molar refractivity (Wildman–Crippen MR) is 239 cm³/mol. The molecule has 0 unspecified atom stereocenters. The zero-order valence-electron chi connectivity index (χ0n) is 35.4. The molecule has 0 aromatic heterocycles. The predicted octanol–water partition coefficient (Wildman–Crippen LogP) is 12.3. The molecule has 5 aromatic rings. The second-order valence-electron chi connectivity index (χ2n) is 15.4. The Labute approximate surface area is 358 Å². The molecule has 6 nitrogen and oxygen atoms in total. The van der Waals surface area contributed by atoms with Crippen molar-refractivity contribution in [1.82, 2.24) is 0 Å². The molecule has 7 heteroatoms. The highest BCUT2D eigenvalue weighted by Crippen LogP contribution is 2.43. The maximum atomic E-state index is 7.47. The van der Waals surface area contributed by atoms with Crippen LogP contribution in [0.5, 0.6) is 5.75 Å².